The summed E-state index contributed by atoms with van der Waals surface area (Å²) in [6, 6.07) is 2.78. The van der Waals surface area contributed by atoms with Crippen molar-refractivity contribution in [2.45, 2.75) is 58.0 Å². The Morgan fingerprint density at radius 3 is 2.65 bits per heavy atom. The highest BCUT2D eigenvalue weighted by atomic mass is 15.3. The second-order valence-electron chi connectivity index (χ2n) is 6.06. The number of piperazine rings is 1. The molecule has 1 fully saturated rings. The molecule has 0 aromatic carbocycles. The molecule has 0 spiro atoms. The number of hydrogen-bond acceptors (Lipinski definition) is 3. The molecule has 0 radical (unpaired) electrons. The van der Waals surface area contributed by atoms with Crippen molar-refractivity contribution in [1.29, 1.82) is 0 Å². The fraction of sp³-hybridized carbons (Fsp3) is 0.812. The summed E-state index contributed by atoms with van der Waals surface area (Å²) in [4.78, 5) is 2.73. The van der Waals surface area contributed by atoms with Crippen LogP contribution in [0.1, 0.15) is 45.7 Å². The normalized spacial score (nSPS) is 23.1. The summed E-state index contributed by atoms with van der Waals surface area (Å²) in [5.41, 5.74) is 1.67. The number of aromatic nitrogens is 2. The number of rotatable bonds is 6. The van der Waals surface area contributed by atoms with Gasteiger partial charge < -0.3 is 5.32 Å². The van der Waals surface area contributed by atoms with Gasteiger partial charge in [-0.1, -0.05) is 20.8 Å². The van der Waals surface area contributed by atoms with Gasteiger partial charge in [0.15, 0.2) is 0 Å². The maximum absolute atomic E-state index is 4.27. The first-order valence-corrected chi connectivity index (χ1v) is 8.10. The molecule has 2 heterocycles. The molecular weight excluding hydrogens is 248 g/mol. The molecular formula is C16H30N4. The van der Waals surface area contributed by atoms with Gasteiger partial charge in [0.05, 0.1) is 0 Å². The second kappa shape index (κ2) is 6.72. The molecule has 1 saturated heterocycles. The maximum Gasteiger partial charge on any atom is 0.0492 e. The van der Waals surface area contributed by atoms with Crippen LogP contribution in [0.4, 0.5) is 0 Å². The van der Waals surface area contributed by atoms with Crippen molar-refractivity contribution in [1.82, 2.24) is 20.0 Å². The number of hydrogen-bond donors (Lipinski definition) is 1. The maximum atomic E-state index is 4.27. The number of nitrogens with one attached hydrogen (secondary N) is 1. The van der Waals surface area contributed by atoms with Crippen LogP contribution in [-0.4, -0.2) is 45.9 Å². The van der Waals surface area contributed by atoms with E-state index in [1.54, 1.807) is 0 Å². The summed E-state index contributed by atoms with van der Waals surface area (Å²) in [7, 11) is 2.04. The molecule has 1 N–H and O–H groups in total. The molecule has 1 aromatic rings. The van der Waals surface area contributed by atoms with E-state index in [0.717, 1.165) is 19.5 Å². The zero-order valence-corrected chi connectivity index (χ0v) is 13.5. The second-order valence-corrected chi connectivity index (χ2v) is 6.06. The van der Waals surface area contributed by atoms with Crippen LogP contribution in [0.15, 0.2) is 12.3 Å². The summed E-state index contributed by atoms with van der Waals surface area (Å²) in [6.07, 6.45) is 6.64. The molecule has 1 atom stereocenters. The molecule has 1 aliphatic heterocycles. The lowest BCUT2D eigenvalue weighted by Crippen LogP contribution is -2.64. The third kappa shape index (κ3) is 3.07. The van der Waals surface area contributed by atoms with Crippen LogP contribution in [0.2, 0.25) is 0 Å². The van der Waals surface area contributed by atoms with Gasteiger partial charge >= 0.3 is 0 Å². The van der Waals surface area contributed by atoms with Crippen molar-refractivity contribution >= 4 is 0 Å². The minimum atomic E-state index is 0.338. The highest BCUT2D eigenvalue weighted by Crippen LogP contribution is 2.27. The zero-order valence-electron chi connectivity index (χ0n) is 13.5. The minimum absolute atomic E-state index is 0.338. The summed E-state index contributed by atoms with van der Waals surface area (Å²) >= 11 is 0. The lowest BCUT2D eigenvalue weighted by atomic mass is 9.86. The van der Waals surface area contributed by atoms with Crippen molar-refractivity contribution in [2.75, 3.05) is 19.6 Å². The summed E-state index contributed by atoms with van der Waals surface area (Å²) < 4.78 is 2.00. The summed E-state index contributed by atoms with van der Waals surface area (Å²) in [5.74, 6) is 0. The first kappa shape index (κ1) is 15.5. The lowest BCUT2D eigenvalue weighted by molar-refractivity contribution is 0.0315. The Labute approximate surface area is 123 Å². The molecule has 1 aromatic heterocycles. The predicted molar refractivity (Wildman–Crippen MR) is 83.9 cm³/mol. The van der Waals surface area contributed by atoms with E-state index in [1.807, 2.05) is 17.9 Å². The first-order valence-electron chi connectivity index (χ1n) is 8.10. The summed E-state index contributed by atoms with van der Waals surface area (Å²) in [5, 5.41) is 8.01. The topological polar surface area (TPSA) is 33.1 Å². The van der Waals surface area contributed by atoms with E-state index in [9.17, 15) is 0 Å². The van der Waals surface area contributed by atoms with Crippen LogP contribution in [0.25, 0.3) is 0 Å². The Morgan fingerprint density at radius 2 is 2.10 bits per heavy atom. The highest BCUT2D eigenvalue weighted by Gasteiger charge is 2.37. The molecule has 0 saturated carbocycles. The largest absolute Gasteiger partial charge is 0.311 e. The van der Waals surface area contributed by atoms with Crippen molar-refractivity contribution in [3.05, 3.63) is 18.0 Å². The number of nitrogens with zero attached hydrogens (tertiary/aromatic N) is 3. The van der Waals surface area contributed by atoms with Crippen LogP contribution < -0.4 is 5.32 Å². The van der Waals surface area contributed by atoms with Gasteiger partial charge in [0, 0.05) is 56.6 Å². The van der Waals surface area contributed by atoms with Gasteiger partial charge in [-0.05, 0) is 25.3 Å². The SMILES string of the molecule is CCC1CN(CCc2ccnn2C)C(CC)(CC)CN1. The Balaban J connectivity index is 2.05. The van der Waals surface area contributed by atoms with Gasteiger partial charge in [-0.2, -0.15) is 5.10 Å². The van der Waals surface area contributed by atoms with Crippen molar-refractivity contribution in [3.63, 3.8) is 0 Å². The molecule has 114 valence electrons. The van der Waals surface area contributed by atoms with Gasteiger partial charge in [0.25, 0.3) is 0 Å². The van der Waals surface area contributed by atoms with Crippen LogP contribution >= 0.6 is 0 Å². The third-order valence-electron chi connectivity index (χ3n) is 5.20. The highest BCUT2D eigenvalue weighted by molar-refractivity contribution is 5.03. The fourth-order valence-corrected chi connectivity index (χ4v) is 3.42. The average Bonchev–Trinajstić information content (AvgIpc) is 2.90. The predicted octanol–water partition coefficient (Wildman–Crippen LogP) is 2.21. The molecule has 0 amide bonds. The van der Waals surface area contributed by atoms with Crippen LogP contribution in [0, 0.1) is 0 Å². The summed E-state index contributed by atoms with van der Waals surface area (Å²) in [6.45, 7) is 10.4. The van der Waals surface area contributed by atoms with Crippen molar-refractivity contribution in [2.24, 2.45) is 7.05 Å². The van der Waals surface area contributed by atoms with Crippen molar-refractivity contribution in [3.8, 4) is 0 Å². The van der Waals surface area contributed by atoms with Gasteiger partial charge in [0.1, 0.15) is 0 Å². The van der Waals surface area contributed by atoms with Gasteiger partial charge in [-0.15, -0.1) is 0 Å². The van der Waals surface area contributed by atoms with E-state index in [1.165, 1.54) is 31.5 Å². The van der Waals surface area contributed by atoms with E-state index >= 15 is 0 Å². The molecule has 1 unspecified atom stereocenters. The van der Waals surface area contributed by atoms with E-state index in [0.29, 0.717) is 11.6 Å². The molecule has 20 heavy (non-hydrogen) atoms. The Morgan fingerprint density at radius 1 is 1.35 bits per heavy atom. The monoisotopic (exact) mass is 278 g/mol. The average molecular weight is 278 g/mol. The smallest absolute Gasteiger partial charge is 0.0492 e. The van der Waals surface area contributed by atoms with Gasteiger partial charge in [-0.25, -0.2) is 0 Å². The minimum Gasteiger partial charge on any atom is -0.311 e. The van der Waals surface area contributed by atoms with Gasteiger partial charge in [-0.3, -0.25) is 9.58 Å². The van der Waals surface area contributed by atoms with Crippen LogP contribution in [0.5, 0.6) is 0 Å². The molecule has 0 aliphatic carbocycles. The standard InChI is InChI=1S/C16H30N4/c1-5-14-12-20(16(6-2,7-3)13-17-14)11-9-15-8-10-18-19(15)4/h8,10,14,17H,5-7,9,11-13H2,1-4H3. The Hall–Kier alpha value is -0.870. The first-order chi connectivity index (χ1) is 9.65. The molecule has 0 bridgehead atoms. The lowest BCUT2D eigenvalue weighted by Gasteiger charge is -2.49. The third-order valence-corrected chi connectivity index (χ3v) is 5.20. The molecule has 1 aliphatic rings. The van der Waals surface area contributed by atoms with Gasteiger partial charge in [0.2, 0.25) is 0 Å². The Kier molecular flexibility index (Phi) is 5.22. The van der Waals surface area contributed by atoms with Crippen LogP contribution in [-0.2, 0) is 13.5 Å². The molecule has 4 nitrogen and oxygen atoms in total. The Bertz CT molecular complexity index is 408. The van der Waals surface area contributed by atoms with E-state index in [-0.39, 0.29) is 0 Å². The zero-order chi connectivity index (χ0) is 14.6. The fourth-order valence-electron chi connectivity index (χ4n) is 3.42. The molecule has 2 rings (SSSR count). The number of aryl methyl sites for hydroxylation is 1. The molecule has 4 heteroatoms. The van der Waals surface area contributed by atoms with E-state index in [4.69, 9.17) is 0 Å². The quantitative estimate of drug-likeness (QED) is 0.866. The van der Waals surface area contributed by atoms with Crippen molar-refractivity contribution < 1.29 is 0 Å². The van der Waals surface area contributed by atoms with Crippen LogP contribution in [0.3, 0.4) is 0 Å². The van der Waals surface area contributed by atoms with E-state index in [2.05, 4.69) is 42.2 Å². The van der Waals surface area contributed by atoms with E-state index < -0.39 is 0 Å².